The summed E-state index contributed by atoms with van der Waals surface area (Å²) in [4.78, 5) is 12.2. The molecule has 0 spiro atoms. The highest BCUT2D eigenvalue weighted by molar-refractivity contribution is 7.92. The summed E-state index contributed by atoms with van der Waals surface area (Å²) >= 11 is 0. The van der Waals surface area contributed by atoms with Crippen molar-refractivity contribution < 1.29 is 17.6 Å². The number of benzene rings is 1. The zero-order valence-electron chi connectivity index (χ0n) is 14.0. The number of carbonyl (C=O) groups excluding carboxylic acids is 1. The summed E-state index contributed by atoms with van der Waals surface area (Å²) in [5, 5.41) is 2.75. The molecule has 0 aliphatic carbocycles. The molecule has 0 saturated carbocycles. The molecule has 0 saturated heterocycles. The van der Waals surface area contributed by atoms with Crippen LogP contribution < -0.4 is 15.8 Å². The van der Waals surface area contributed by atoms with Gasteiger partial charge in [0, 0.05) is 5.69 Å². The minimum atomic E-state index is -3.40. The Morgan fingerprint density at radius 2 is 1.96 bits per heavy atom. The van der Waals surface area contributed by atoms with Crippen LogP contribution in [0.25, 0.3) is 0 Å². The van der Waals surface area contributed by atoms with Crippen LogP contribution in [-0.2, 0) is 16.6 Å². The molecule has 1 aromatic heterocycles. The highest BCUT2D eigenvalue weighted by Crippen LogP contribution is 2.25. The Morgan fingerprint density at radius 3 is 2.56 bits per heavy atom. The number of sulfonamides is 1. The van der Waals surface area contributed by atoms with Crippen molar-refractivity contribution in [3.63, 3.8) is 0 Å². The number of furan rings is 1. The van der Waals surface area contributed by atoms with Crippen molar-refractivity contribution in [2.45, 2.75) is 26.8 Å². The quantitative estimate of drug-likeness (QED) is 0.675. The van der Waals surface area contributed by atoms with Gasteiger partial charge in [-0.2, -0.15) is 0 Å². The van der Waals surface area contributed by atoms with Gasteiger partial charge in [0.2, 0.25) is 10.0 Å². The molecule has 1 amide bonds. The second kappa shape index (κ2) is 8.89. The van der Waals surface area contributed by atoms with Crippen LogP contribution in [0.4, 0.5) is 11.4 Å². The number of nitrogens with one attached hydrogen (secondary N) is 2. The molecule has 0 atom stereocenters. The van der Waals surface area contributed by atoms with Crippen molar-refractivity contribution in [3.05, 3.63) is 47.4 Å². The van der Waals surface area contributed by atoms with Crippen LogP contribution in [0.15, 0.2) is 34.9 Å². The molecule has 0 unspecified atom stereocenters. The lowest BCUT2D eigenvalue weighted by Gasteiger charge is -2.14. The second-order valence-electron chi connectivity index (χ2n) is 5.36. The van der Waals surface area contributed by atoms with Crippen molar-refractivity contribution in [2.24, 2.45) is 5.73 Å². The molecule has 0 radical (unpaired) electrons. The first-order valence-electron chi connectivity index (χ1n) is 7.55. The molecule has 0 bridgehead atoms. The zero-order valence-corrected chi connectivity index (χ0v) is 15.7. The molecule has 0 fully saturated rings. The minimum Gasteiger partial charge on any atom is -0.467 e. The van der Waals surface area contributed by atoms with Gasteiger partial charge in [-0.05, 0) is 37.1 Å². The van der Waals surface area contributed by atoms with Crippen LogP contribution in [0.5, 0.6) is 0 Å². The van der Waals surface area contributed by atoms with Gasteiger partial charge in [0.1, 0.15) is 12.0 Å². The highest BCUT2D eigenvalue weighted by Gasteiger charge is 2.15. The van der Waals surface area contributed by atoms with Crippen molar-refractivity contribution in [1.29, 1.82) is 0 Å². The first kappa shape index (κ1) is 21.0. The van der Waals surface area contributed by atoms with Gasteiger partial charge in [-0.15, -0.1) is 12.4 Å². The summed E-state index contributed by atoms with van der Waals surface area (Å²) in [5.41, 5.74) is 7.40. The summed E-state index contributed by atoms with van der Waals surface area (Å²) in [6.45, 7) is 3.74. The molecule has 1 heterocycles. The summed E-state index contributed by atoms with van der Waals surface area (Å²) in [7, 11) is -3.40. The maximum atomic E-state index is 12.2. The van der Waals surface area contributed by atoms with Crippen LogP contribution in [0.1, 0.15) is 35.0 Å². The van der Waals surface area contributed by atoms with Gasteiger partial charge in [0.15, 0.2) is 0 Å². The number of carbonyl (C=O) groups is 1. The van der Waals surface area contributed by atoms with E-state index in [1.165, 1.54) is 6.26 Å². The van der Waals surface area contributed by atoms with Crippen molar-refractivity contribution in [3.8, 4) is 0 Å². The van der Waals surface area contributed by atoms with Crippen molar-refractivity contribution in [1.82, 2.24) is 0 Å². The number of amides is 1. The van der Waals surface area contributed by atoms with Gasteiger partial charge in [0.25, 0.3) is 5.91 Å². The minimum absolute atomic E-state index is 0. The van der Waals surface area contributed by atoms with E-state index in [0.29, 0.717) is 34.7 Å². The Hall–Kier alpha value is -2.03. The summed E-state index contributed by atoms with van der Waals surface area (Å²) in [5.74, 6) is 0.202. The maximum Gasteiger partial charge on any atom is 0.258 e. The molecule has 0 aliphatic rings. The van der Waals surface area contributed by atoms with E-state index in [-0.39, 0.29) is 30.6 Å². The van der Waals surface area contributed by atoms with Gasteiger partial charge < -0.3 is 15.5 Å². The SMILES string of the molecule is CCCS(=O)(=O)Nc1cccc(NC(=O)c2coc(CN)c2)c1C.Cl. The van der Waals surface area contributed by atoms with Gasteiger partial charge in [-0.25, -0.2) is 8.42 Å². The molecule has 0 aliphatic heterocycles. The van der Waals surface area contributed by atoms with E-state index in [2.05, 4.69) is 10.0 Å². The zero-order chi connectivity index (χ0) is 17.7. The fourth-order valence-corrected chi connectivity index (χ4v) is 3.37. The molecule has 4 N–H and O–H groups in total. The Balaban J connectivity index is 0.00000312. The third-order valence-electron chi connectivity index (χ3n) is 3.44. The van der Waals surface area contributed by atoms with Crippen molar-refractivity contribution in [2.75, 3.05) is 15.8 Å². The topological polar surface area (TPSA) is 114 Å². The Bertz CT molecular complexity index is 834. The smallest absolute Gasteiger partial charge is 0.258 e. The lowest BCUT2D eigenvalue weighted by Crippen LogP contribution is -2.18. The van der Waals surface area contributed by atoms with Gasteiger partial charge in [-0.3, -0.25) is 9.52 Å². The van der Waals surface area contributed by atoms with Gasteiger partial charge >= 0.3 is 0 Å². The molecule has 25 heavy (non-hydrogen) atoms. The van der Waals surface area contributed by atoms with E-state index in [9.17, 15) is 13.2 Å². The monoisotopic (exact) mass is 387 g/mol. The largest absolute Gasteiger partial charge is 0.467 e. The molecular formula is C16H22ClN3O4S. The van der Waals surface area contributed by atoms with Crippen LogP contribution in [0, 0.1) is 6.92 Å². The number of anilines is 2. The Labute approximate surface area is 153 Å². The molecule has 9 heteroatoms. The normalized spacial score (nSPS) is 10.8. The fraction of sp³-hybridized carbons (Fsp3) is 0.312. The standard InChI is InChI=1S/C16H21N3O4S.ClH/c1-3-7-24(21,22)19-15-6-4-5-14(11(15)2)18-16(20)12-8-13(9-17)23-10-12;/h4-6,8,10,19H,3,7,9,17H2,1-2H3,(H,18,20);1H. The Morgan fingerprint density at radius 1 is 1.28 bits per heavy atom. The predicted octanol–water partition coefficient (Wildman–Crippen LogP) is 2.87. The maximum absolute atomic E-state index is 12.2. The summed E-state index contributed by atoms with van der Waals surface area (Å²) in [6.07, 6.45) is 1.86. The summed E-state index contributed by atoms with van der Waals surface area (Å²) in [6, 6.07) is 6.60. The van der Waals surface area contributed by atoms with Crippen LogP contribution >= 0.6 is 12.4 Å². The van der Waals surface area contributed by atoms with E-state index in [4.69, 9.17) is 10.2 Å². The first-order chi connectivity index (χ1) is 11.4. The van der Waals surface area contributed by atoms with Gasteiger partial charge in [-0.1, -0.05) is 13.0 Å². The lowest BCUT2D eigenvalue weighted by atomic mass is 10.1. The van der Waals surface area contributed by atoms with Crippen LogP contribution in [0.2, 0.25) is 0 Å². The molecule has 2 aromatic rings. The van der Waals surface area contributed by atoms with Crippen molar-refractivity contribution >= 4 is 39.7 Å². The molecule has 138 valence electrons. The predicted molar refractivity (Wildman–Crippen MR) is 101 cm³/mol. The average molecular weight is 388 g/mol. The lowest BCUT2D eigenvalue weighted by molar-refractivity contribution is 0.102. The van der Waals surface area contributed by atoms with E-state index in [0.717, 1.165) is 0 Å². The Kier molecular flexibility index (Phi) is 7.47. The van der Waals surface area contributed by atoms with Gasteiger partial charge in [0.05, 0.1) is 23.5 Å². The number of hydrogen-bond donors (Lipinski definition) is 3. The van der Waals surface area contributed by atoms with E-state index < -0.39 is 10.0 Å². The van der Waals surface area contributed by atoms with E-state index in [1.807, 2.05) is 0 Å². The highest BCUT2D eigenvalue weighted by atomic mass is 35.5. The van der Waals surface area contributed by atoms with E-state index in [1.54, 1.807) is 38.1 Å². The fourth-order valence-electron chi connectivity index (χ4n) is 2.17. The molecule has 1 aromatic carbocycles. The third-order valence-corrected chi connectivity index (χ3v) is 4.91. The van der Waals surface area contributed by atoms with Crippen LogP contribution in [0.3, 0.4) is 0 Å². The summed E-state index contributed by atoms with van der Waals surface area (Å²) < 4.78 is 31.5. The molecule has 2 rings (SSSR count). The number of rotatable bonds is 7. The second-order valence-corrected chi connectivity index (χ2v) is 7.20. The van der Waals surface area contributed by atoms with Crippen LogP contribution in [-0.4, -0.2) is 20.1 Å². The molecular weight excluding hydrogens is 366 g/mol. The van der Waals surface area contributed by atoms with E-state index >= 15 is 0 Å². The number of halogens is 1. The first-order valence-corrected chi connectivity index (χ1v) is 9.20. The third kappa shape index (κ3) is 5.48. The number of nitrogens with two attached hydrogens (primary N) is 1. The molecule has 7 nitrogen and oxygen atoms in total. The average Bonchev–Trinajstić information content (AvgIpc) is 3.00. The number of hydrogen-bond acceptors (Lipinski definition) is 5.